The van der Waals surface area contributed by atoms with Crippen molar-refractivity contribution in [2.75, 3.05) is 6.61 Å². The SMILES string of the molecule is CC(=O)C[C@]1(C)CCCCCCCCCCC[C@@](C)(C(=O)N[C@@H](CO)C(N)=O)NN[C@@H](CC(C)C)C(=O)C(=O)[C@H](CCC(N)=O)NC(=O)C(C)NC(=O)[C@H](Cc2c[nH]c3ccccc23)NC(=O)[C@H](Cc2ccc(O)cc2)NC(=O)[C@H](Cc2cnc[nH]2)NC1=O. The van der Waals surface area contributed by atoms with E-state index in [2.05, 4.69) is 57.7 Å². The number of ketones is 3. The quantitative estimate of drug-likeness (QED) is 0.0672. The molecular formula is C63H91N13O13. The molecule has 26 nitrogen and oxygen atoms in total. The molecule has 0 radical (unpaired) electrons. The van der Waals surface area contributed by atoms with Gasteiger partial charge in [0.2, 0.25) is 58.8 Å². The number of carbonyl (C=O) groups is 11. The summed E-state index contributed by atoms with van der Waals surface area (Å²) < 4.78 is 0. The van der Waals surface area contributed by atoms with Crippen LogP contribution in [0.15, 0.2) is 67.3 Å². The van der Waals surface area contributed by atoms with Gasteiger partial charge < -0.3 is 63.5 Å². The number of hydrogen-bond donors (Lipinski definition) is 14. The minimum absolute atomic E-state index is 0.0281. The van der Waals surface area contributed by atoms with Crippen molar-refractivity contribution in [3.05, 3.63) is 84.1 Å². The summed E-state index contributed by atoms with van der Waals surface area (Å²) >= 11 is 0. The second-order valence-electron chi connectivity index (χ2n) is 24.4. The number of rotatable bonds is 17. The van der Waals surface area contributed by atoms with Crippen LogP contribution in [0, 0.1) is 11.3 Å². The number of aliphatic hydroxyl groups excluding tert-OH is 1. The molecule has 16 N–H and O–H groups in total. The number of hydrazine groups is 1. The molecule has 1 aliphatic rings. The first kappa shape index (κ1) is 71.4. The molecule has 1 unspecified atom stereocenters. The lowest BCUT2D eigenvalue weighted by molar-refractivity contribution is -0.141. The summed E-state index contributed by atoms with van der Waals surface area (Å²) in [5.74, 6) is -9.39. The highest BCUT2D eigenvalue weighted by Crippen LogP contribution is 2.31. The molecule has 1 aliphatic heterocycles. The Morgan fingerprint density at radius 2 is 1.27 bits per heavy atom. The van der Waals surface area contributed by atoms with Gasteiger partial charge in [-0.3, -0.25) is 52.7 Å². The molecule has 26 heteroatoms. The normalized spacial score (nSPS) is 24.7. The maximum atomic E-state index is 15.0. The fourth-order valence-electron chi connectivity index (χ4n) is 10.9. The highest BCUT2D eigenvalue weighted by Gasteiger charge is 2.41. The summed E-state index contributed by atoms with van der Waals surface area (Å²) in [6, 6.07) is 2.88. The van der Waals surface area contributed by atoms with Crippen LogP contribution < -0.4 is 54.2 Å². The van der Waals surface area contributed by atoms with Crippen molar-refractivity contribution in [1.82, 2.24) is 57.7 Å². The summed E-state index contributed by atoms with van der Waals surface area (Å²) in [4.78, 5) is 164. The molecule has 1 saturated heterocycles. The number of nitrogens with two attached hydrogens (primary N) is 2. The van der Waals surface area contributed by atoms with Gasteiger partial charge in [0.25, 0.3) is 0 Å². The van der Waals surface area contributed by atoms with Gasteiger partial charge in [-0.1, -0.05) is 109 Å². The summed E-state index contributed by atoms with van der Waals surface area (Å²) in [6.45, 7) is 8.68. The highest BCUT2D eigenvalue weighted by atomic mass is 16.3. The van der Waals surface area contributed by atoms with E-state index >= 15 is 0 Å². The number of aliphatic hydroxyl groups is 1. The highest BCUT2D eigenvalue weighted by molar-refractivity contribution is 6.41. The Labute approximate surface area is 518 Å². The fraction of sp³-hybridized carbons (Fsp3) is 0.556. The maximum absolute atomic E-state index is 15.0. The number of nitrogens with zero attached hydrogens (tertiary/aromatic N) is 1. The van der Waals surface area contributed by atoms with Gasteiger partial charge in [0, 0.05) is 61.1 Å². The number of nitrogens with one attached hydrogen (secondary N) is 10. The second kappa shape index (κ2) is 34.4. The van der Waals surface area contributed by atoms with Crippen LogP contribution in [0.25, 0.3) is 10.9 Å². The van der Waals surface area contributed by atoms with Crippen LogP contribution in [0.4, 0.5) is 0 Å². The van der Waals surface area contributed by atoms with Crippen LogP contribution in [0.5, 0.6) is 5.75 Å². The lowest BCUT2D eigenvalue weighted by atomic mass is 9.79. The van der Waals surface area contributed by atoms with Gasteiger partial charge >= 0.3 is 0 Å². The predicted molar refractivity (Wildman–Crippen MR) is 330 cm³/mol. The molecule has 89 heavy (non-hydrogen) atoms. The van der Waals surface area contributed by atoms with E-state index in [1.807, 2.05) is 6.07 Å². The van der Waals surface area contributed by atoms with Crippen molar-refractivity contribution in [1.29, 1.82) is 0 Å². The lowest BCUT2D eigenvalue weighted by Crippen LogP contribution is -2.65. The fourth-order valence-corrected chi connectivity index (χ4v) is 10.9. The van der Waals surface area contributed by atoms with Crippen molar-refractivity contribution in [2.24, 2.45) is 22.8 Å². The molecular weight excluding hydrogens is 1150 g/mol. The zero-order valence-corrected chi connectivity index (χ0v) is 51.9. The molecule has 8 amide bonds. The minimum atomic E-state index is -1.66. The Hall–Kier alpha value is -8.36. The first-order chi connectivity index (χ1) is 42.2. The van der Waals surface area contributed by atoms with Crippen LogP contribution in [0.3, 0.4) is 0 Å². The number of amides is 8. The molecule has 0 spiro atoms. The smallest absolute Gasteiger partial charge is 0.243 e. The van der Waals surface area contributed by atoms with E-state index in [0.717, 1.165) is 38.5 Å². The van der Waals surface area contributed by atoms with Crippen molar-refractivity contribution < 1.29 is 63.0 Å². The molecule has 4 aromatic rings. The lowest BCUT2D eigenvalue weighted by Gasteiger charge is -2.33. The molecule has 9 atom stereocenters. The van der Waals surface area contributed by atoms with E-state index in [0.29, 0.717) is 53.4 Å². The van der Waals surface area contributed by atoms with Gasteiger partial charge in [-0.25, -0.2) is 15.8 Å². The van der Waals surface area contributed by atoms with Crippen LogP contribution in [0.2, 0.25) is 0 Å². The van der Waals surface area contributed by atoms with Crippen molar-refractivity contribution in [2.45, 2.75) is 205 Å². The zero-order valence-electron chi connectivity index (χ0n) is 51.9. The van der Waals surface area contributed by atoms with Gasteiger partial charge in [-0.15, -0.1) is 0 Å². The molecule has 2 aromatic carbocycles. The largest absolute Gasteiger partial charge is 0.508 e. The zero-order chi connectivity index (χ0) is 65.4. The third kappa shape index (κ3) is 22.3. The number of para-hydroxylation sites is 1. The van der Waals surface area contributed by atoms with Crippen LogP contribution in [-0.2, 0) is 72.0 Å². The Kier molecular flexibility index (Phi) is 27.6. The number of carbonyl (C=O) groups excluding carboxylic acids is 11. The van der Waals surface area contributed by atoms with Crippen molar-refractivity contribution in [3.8, 4) is 5.75 Å². The van der Waals surface area contributed by atoms with Gasteiger partial charge in [-0.05, 0) is 81.7 Å². The van der Waals surface area contributed by atoms with Gasteiger partial charge in [0.05, 0.1) is 30.4 Å². The first-order valence-electron chi connectivity index (χ1n) is 30.6. The number of fused-ring (bicyclic) bond motifs is 1. The molecule has 0 bridgehead atoms. The topological polar surface area (TPSA) is 421 Å². The third-order valence-electron chi connectivity index (χ3n) is 16.1. The number of phenols is 1. The molecule has 2 aromatic heterocycles. The summed E-state index contributed by atoms with van der Waals surface area (Å²) in [5, 5.41) is 36.8. The van der Waals surface area contributed by atoms with Crippen LogP contribution >= 0.6 is 0 Å². The number of Topliss-reactive ketones (excluding diaryl/α,β-unsaturated/α-hetero) is 3. The first-order valence-corrected chi connectivity index (χ1v) is 30.6. The van der Waals surface area contributed by atoms with Crippen molar-refractivity contribution in [3.63, 3.8) is 0 Å². The minimum Gasteiger partial charge on any atom is -0.508 e. The number of imidazole rings is 1. The van der Waals surface area contributed by atoms with E-state index < -0.39 is 132 Å². The second-order valence-corrected chi connectivity index (χ2v) is 24.4. The number of benzene rings is 2. The molecule has 3 heterocycles. The average molecular weight is 1240 g/mol. The Morgan fingerprint density at radius 3 is 1.85 bits per heavy atom. The van der Waals surface area contributed by atoms with E-state index in [-0.39, 0.29) is 56.0 Å². The maximum Gasteiger partial charge on any atom is 0.243 e. The third-order valence-corrected chi connectivity index (χ3v) is 16.1. The van der Waals surface area contributed by atoms with E-state index in [1.54, 1.807) is 57.3 Å². The number of hydrogen-bond acceptors (Lipinski definition) is 16. The average Bonchev–Trinajstić information content (AvgIpc) is 3.13. The molecule has 1 fully saturated rings. The van der Waals surface area contributed by atoms with E-state index in [9.17, 15) is 63.0 Å². The monoisotopic (exact) mass is 1240 g/mol. The number of aromatic nitrogens is 3. The predicted octanol–water partition coefficient (Wildman–Crippen LogP) is 1.99. The van der Waals surface area contributed by atoms with Gasteiger partial charge in [0.1, 0.15) is 47.3 Å². The Bertz CT molecular complexity index is 3080. The Balaban J connectivity index is 1.55. The van der Waals surface area contributed by atoms with Crippen molar-refractivity contribution >= 4 is 75.5 Å². The summed E-state index contributed by atoms with van der Waals surface area (Å²) in [7, 11) is 0. The molecule has 5 rings (SSSR count). The van der Waals surface area contributed by atoms with Crippen LogP contribution in [0.1, 0.15) is 155 Å². The number of phenolic OH excluding ortho intramolecular Hbond substituents is 1. The number of aromatic amines is 2. The standard InChI is InChI=1S/C63H91N13O13/c1-37(2)28-47-54(82)53(81)46(24-25-52(64)80)70-56(84)39(4)69-57(85)49(30-41-33-67-45-19-15-14-18-44(41)45)72-58(86)48(29-40-20-22-43(79)23-21-40)71-59(87)50(31-42-34-66-36-68-42)73-60(88)62(5,32-38(3)78)26-16-12-10-8-7-9-11-13-17-27-63(6,76-75-47)61(89)74-51(35-77)55(65)83/h14-15,18-23,33-34,36-37,39,46-51,67,75-77,79H,7-13,16-17,24-32,35H2,1-6H3,(H2,64,80)(H2,65,83)(H,66,68)(H,69,85)(H,70,84)(H,71,87)(H,72,86)(H,73,88)(H,74,89)/t39?,46-,47-,48-,49-,50-,51-,62-,63-/m0/s1. The Morgan fingerprint density at radius 1 is 0.697 bits per heavy atom. The molecule has 0 aliphatic carbocycles. The number of primary amides is 2. The summed E-state index contributed by atoms with van der Waals surface area (Å²) in [5.41, 5.74) is 16.2. The van der Waals surface area contributed by atoms with Gasteiger partial charge in [-0.2, -0.15) is 0 Å². The van der Waals surface area contributed by atoms with E-state index in [1.165, 1.54) is 45.4 Å². The number of H-pyrrole nitrogens is 2. The number of aromatic hydroxyl groups is 1. The van der Waals surface area contributed by atoms with Gasteiger partial charge in [0.15, 0.2) is 0 Å². The summed E-state index contributed by atoms with van der Waals surface area (Å²) in [6.07, 6.45) is 10.2. The van der Waals surface area contributed by atoms with E-state index in [4.69, 9.17) is 11.5 Å². The molecule has 486 valence electrons. The molecule has 0 saturated carbocycles. The van der Waals surface area contributed by atoms with Crippen LogP contribution in [-0.4, -0.2) is 144 Å².